The zero-order valence-electron chi connectivity index (χ0n) is 12.7. The second-order valence-electron chi connectivity index (χ2n) is 6.54. The molecule has 1 amide bonds. The molecule has 0 radical (unpaired) electrons. The molecule has 2 aliphatic rings. The molecule has 4 unspecified atom stereocenters. The van der Waals surface area contributed by atoms with Crippen molar-refractivity contribution in [2.75, 3.05) is 19.7 Å². The first kappa shape index (κ1) is 15.8. The average Bonchev–Trinajstić information content (AvgIpc) is 2.52. The van der Waals surface area contributed by atoms with Gasteiger partial charge in [-0.1, -0.05) is 26.2 Å². The van der Waals surface area contributed by atoms with Gasteiger partial charge in [-0.15, -0.1) is 0 Å². The number of hydrogen-bond acceptors (Lipinski definition) is 3. The lowest BCUT2D eigenvalue weighted by atomic mass is 9.79. The first-order valence-electron chi connectivity index (χ1n) is 8.36. The lowest BCUT2D eigenvalue weighted by Gasteiger charge is -2.32. The van der Waals surface area contributed by atoms with Crippen molar-refractivity contribution in [2.24, 2.45) is 17.8 Å². The average molecular weight is 282 g/mol. The molecule has 4 nitrogen and oxygen atoms in total. The van der Waals surface area contributed by atoms with Crippen LogP contribution < -0.4 is 10.6 Å². The van der Waals surface area contributed by atoms with Gasteiger partial charge < -0.3 is 15.7 Å². The van der Waals surface area contributed by atoms with Gasteiger partial charge in [0.05, 0.1) is 6.04 Å². The highest BCUT2D eigenvalue weighted by Crippen LogP contribution is 2.29. The first-order valence-corrected chi connectivity index (χ1v) is 8.36. The summed E-state index contributed by atoms with van der Waals surface area (Å²) in [7, 11) is 0. The van der Waals surface area contributed by atoms with Gasteiger partial charge in [-0.3, -0.25) is 4.79 Å². The maximum atomic E-state index is 12.3. The summed E-state index contributed by atoms with van der Waals surface area (Å²) in [4.78, 5) is 12.3. The van der Waals surface area contributed by atoms with Crippen molar-refractivity contribution in [1.29, 1.82) is 0 Å². The lowest BCUT2D eigenvalue weighted by molar-refractivity contribution is -0.124. The van der Waals surface area contributed by atoms with Crippen LogP contribution in [-0.4, -0.2) is 36.8 Å². The van der Waals surface area contributed by atoms with Crippen LogP contribution in [0.5, 0.6) is 0 Å². The highest BCUT2D eigenvalue weighted by molar-refractivity contribution is 5.81. The number of carbonyl (C=O) groups is 1. The molecule has 1 heterocycles. The molecule has 1 aliphatic heterocycles. The second kappa shape index (κ2) is 7.99. The minimum atomic E-state index is -0.00938. The van der Waals surface area contributed by atoms with Gasteiger partial charge >= 0.3 is 0 Å². The molecule has 1 aliphatic carbocycles. The monoisotopic (exact) mass is 282 g/mol. The summed E-state index contributed by atoms with van der Waals surface area (Å²) in [6, 6.07) is -0.00938. The molecule has 20 heavy (non-hydrogen) atoms. The molecule has 4 heteroatoms. The third-order valence-electron chi connectivity index (χ3n) is 5.25. The molecule has 2 rings (SSSR count). The van der Waals surface area contributed by atoms with Crippen molar-refractivity contribution >= 4 is 5.91 Å². The Labute approximate surface area is 122 Å². The quantitative estimate of drug-likeness (QED) is 0.719. The maximum Gasteiger partial charge on any atom is 0.237 e. The highest BCUT2D eigenvalue weighted by Gasteiger charge is 2.28. The molecule has 1 saturated carbocycles. The summed E-state index contributed by atoms with van der Waals surface area (Å²) < 4.78 is 0. The minimum absolute atomic E-state index is 0.00938. The summed E-state index contributed by atoms with van der Waals surface area (Å²) in [6.45, 7) is 4.16. The zero-order chi connectivity index (χ0) is 14.4. The van der Waals surface area contributed by atoms with Crippen molar-refractivity contribution in [2.45, 2.75) is 57.9 Å². The van der Waals surface area contributed by atoms with E-state index >= 15 is 0 Å². The van der Waals surface area contributed by atoms with Crippen LogP contribution in [0.4, 0.5) is 0 Å². The predicted molar refractivity (Wildman–Crippen MR) is 80.3 cm³/mol. The van der Waals surface area contributed by atoms with Crippen molar-refractivity contribution in [3.63, 3.8) is 0 Å². The van der Waals surface area contributed by atoms with E-state index in [0.717, 1.165) is 32.4 Å². The molecule has 116 valence electrons. The Bertz CT molecular complexity index is 309. The Morgan fingerprint density at radius 3 is 2.70 bits per heavy atom. The molecule has 0 aromatic carbocycles. The van der Waals surface area contributed by atoms with E-state index in [-0.39, 0.29) is 18.6 Å². The van der Waals surface area contributed by atoms with Crippen LogP contribution in [-0.2, 0) is 4.79 Å². The SMILES string of the molecule is CCC1CCNC(C(=O)NCC2CCCCC2CO)C1. The van der Waals surface area contributed by atoms with E-state index in [9.17, 15) is 9.90 Å². The number of rotatable bonds is 5. The number of amides is 1. The van der Waals surface area contributed by atoms with Gasteiger partial charge in [-0.05, 0) is 50.0 Å². The molecular weight excluding hydrogens is 252 g/mol. The summed E-state index contributed by atoms with van der Waals surface area (Å²) in [5, 5.41) is 15.9. The molecule has 0 aromatic rings. The van der Waals surface area contributed by atoms with Crippen LogP contribution in [0.2, 0.25) is 0 Å². The topological polar surface area (TPSA) is 61.4 Å². The second-order valence-corrected chi connectivity index (χ2v) is 6.54. The fraction of sp³-hybridized carbons (Fsp3) is 0.938. The van der Waals surface area contributed by atoms with E-state index in [4.69, 9.17) is 0 Å². The number of nitrogens with one attached hydrogen (secondary N) is 2. The fourth-order valence-electron chi connectivity index (χ4n) is 3.72. The van der Waals surface area contributed by atoms with Crippen LogP contribution in [0.25, 0.3) is 0 Å². The van der Waals surface area contributed by atoms with E-state index in [1.165, 1.54) is 25.7 Å². The minimum Gasteiger partial charge on any atom is -0.396 e. The Kier molecular flexibility index (Phi) is 6.30. The lowest BCUT2D eigenvalue weighted by Crippen LogP contribution is -2.50. The van der Waals surface area contributed by atoms with Gasteiger partial charge in [0.15, 0.2) is 0 Å². The third kappa shape index (κ3) is 4.19. The number of aliphatic hydroxyl groups excluding tert-OH is 1. The van der Waals surface area contributed by atoms with E-state index < -0.39 is 0 Å². The van der Waals surface area contributed by atoms with Crippen molar-refractivity contribution in [3.05, 3.63) is 0 Å². The van der Waals surface area contributed by atoms with Crippen LogP contribution >= 0.6 is 0 Å². The number of piperidine rings is 1. The van der Waals surface area contributed by atoms with Gasteiger partial charge in [-0.2, -0.15) is 0 Å². The van der Waals surface area contributed by atoms with Crippen molar-refractivity contribution in [3.8, 4) is 0 Å². The van der Waals surface area contributed by atoms with E-state index in [1.807, 2.05) is 0 Å². The zero-order valence-corrected chi connectivity index (χ0v) is 12.7. The largest absolute Gasteiger partial charge is 0.396 e. The Morgan fingerprint density at radius 2 is 2.00 bits per heavy atom. The molecule has 0 bridgehead atoms. The van der Waals surface area contributed by atoms with Crippen molar-refractivity contribution in [1.82, 2.24) is 10.6 Å². The smallest absolute Gasteiger partial charge is 0.237 e. The van der Waals surface area contributed by atoms with Crippen LogP contribution in [0.1, 0.15) is 51.9 Å². The molecule has 0 spiro atoms. The number of hydrogen-bond donors (Lipinski definition) is 3. The van der Waals surface area contributed by atoms with E-state index in [2.05, 4.69) is 17.6 Å². The molecule has 1 saturated heterocycles. The van der Waals surface area contributed by atoms with Gasteiger partial charge in [0.1, 0.15) is 0 Å². The van der Waals surface area contributed by atoms with Gasteiger partial charge in [0.2, 0.25) is 5.91 Å². The standard InChI is InChI=1S/C16H30N2O2/c1-2-12-7-8-17-15(9-12)16(20)18-10-13-5-3-4-6-14(13)11-19/h12-15,17,19H,2-11H2,1H3,(H,18,20). The Balaban J connectivity index is 1.76. The number of aliphatic hydroxyl groups is 1. The van der Waals surface area contributed by atoms with Crippen LogP contribution in [0.3, 0.4) is 0 Å². The third-order valence-corrected chi connectivity index (χ3v) is 5.25. The number of carbonyl (C=O) groups excluding carboxylic acids is 1. The Hall–Kier alpha value is -0.610. The highest BCUT2D eigenvalue weighted by atomic mass is 16.3. The molecule has 4 atom stereocenters. The molecule has 0 aromatic heterocycles. The van der Waals surface area contributed by atoms with Gasteiger partial charge in [0.25, 0.3) is 0 Å². The summed E-state index contributed by atoms with van der Waals surface area (Å²) in [5.41, 5.74) is 0. The van der Waals surface area contributed by atoms with Gasteiger partial charge in [0, 0.05) is 13.2 Å². The van der Waals surface area contributed by atoms with Crippen LogP contribution in [0, 0.1) is 17.8 Å². The molecular formula is C16H30N2O2. The predicted octanol–water partition coefficient (Wildman–Crippen LogP) is 1.68. The first-order chi connectivity index (χ1) is 9.74. The summed E-state index contributed by atoms with van der Waals surface area (Å²) >= 11 is 0. The van der Waals surface area contributed by atoms with Crippen LogP contribution in [0.15, 0.2) is 0 Å². The van der Waals surface area contributed by atoms with E-state index in [0.29, 0.717) is 17.8 Å². The Morgan fingerprint density at radius 1 is 1.25 bits per heavy atom. The normalized spacial score (nSPS) is 34.7. The molecule has 3 N–H and O–H groups in total. The van der Waals surface area contributed by atoms with E-state index in [1.54, 1.807) is 0 Å². The summed E-state index contributed by atoms with van der Waals surface area (Å²) in [6.07, 6.45) is 8.03. The molecule has 2 fully saturated rings. The van der Waals surface area contributed by atoms with Crippen molar-refractivity contribution < 1.29 is 9.90 Å². The fourth-order valence-corrected chi connectivity index (χ4v) is 3.72. The van der Waals surface area contributed by atoms with Gasteiger partial charge in [-0.25, -0.2) is 0 Å². The summed E-state index contributed by atoms with van der Waals surface area (Å²) in [5.74, 6) is 1.69. The maximum absolute atomic E-state index is 12.3.